The van der Waals surface area contributed by atoms with Crippen LogP contribution in [0.2, 0.25) is 0 Å². The summed E-state index contributed by atoms with van der Waals surface area (Å²) in [5, 5.41) is 7.66. The number of nitrogens with zero attached hydrogens (tertiary/aromatic N) is 18. The van der Waals surface area contributed by atoms with Gasteiger partial charge in [0.1, 0.15) is 72.5 Å². The van der Waals surface area contributed by atoms with Crippen molar-refractivity contribution in [3.63, 3.8) is 0 Å². The molecule has 12 heterocycles. The number of hydrogen-bond donors (Lipinski definition) is 1. The maximum absolute atomic E-state index is 15.0. The molecule has 0 radical (unpaired) electrons. The lowest BCUT2D eigenvalue weighted by Crippen LogP contribution is -2.59. The third-order valence-electron chi connectivity index (χ3n) is 22.5. The Kier molecular flexibility index (Phi) is 19.3. The highest BCUT2D eigenvalue weighted by Crippen LogP contribution is 2.37. The van der Waals surface area contributed by atoms with Crippen LogP contribution in [0.3, 0.4) is 0 Å². The van der Waals surface area contributed by atoms with Gasteiger partial charge in [-0.2, -0.15) is 0 Å². The highest BCUT2D eigenvalue weighted by molar-refractivity contribution is 6.01. The molecule has 0 unspecified atom stereocenters. The summed E-state index contributed by atoms with van der Waals surface area (Å²) in [4.78, 5) is 210. The second-order valence-electron chi connectivity index (χ2n) is 27.7. The number of azide groups is 2. The van der Waals surface area contributed by atoms with Crippen molar-refractivity contribution in [1.29, 1.82) is 0 Å². The molecule has 12 aliphatic rings. The number of likely N-dealkylation sites (tertiary alicyclic amines) is 12. The van der Waals surface area contributed by atoms with E-state index >= 15 is 4.79 Å². The molecule has 12 rings (SSSR count). The number of amides is 13. The fourth-order valence-electron chi connectivity index (χ4n) is 18.0. The topological polar surface area (TPSA) is 384 Å². The van der Waals surface area contributed by atoms with Crippen LogP contribution in [0.5, 0.6) is 0 Å². The van der Waals surface area contributed by atoms with Gasteiger partial charge in [-0.15, -0.1) is 0 Å². The van der Waals surface area contributed by atoms with Crippen molar-refractivity contribution in [1.82, 2.24) is 58.8 Å². The maximum Gasteiger partial charge on any atom is 0.246 e. The lowest BCUT2D eigenvalue weighted by Gasteiger charge is -2.38. The van der Waals surface area contributed by atoms with E-state index < -0.39 is 126 Å². The minimum atomic E-state index is -1.16. The molecule has 0 aromatic rings. The molecule has 12 fully saturated rings. The molecular weight excluding hydrogens is 1220 g/mol. The van der Waals surface area contributed by atoms with Gasteiger partial charge in [0.2, 0.25) is 76.8 Å². The van der Waals surface area contributed by atoms with E-state index in [2.05, 4.69) is 20.1 Å². The molecule has 0 aromatic carbocycles. The number of rotatable bonds is 14. The Morgan fingerprint density at radius 3 is 0.681 bits per heavy atom. The van der Waals surface area contributed by atoms with Crippen LogP contribution in [0.25, 0.3) is 20.9 Å². The number of carbonyl (C=O) groups is 13. The summed E-state index contributed by atoms with van der Waals surface area (Å²) >= 11 is 0. The normalized spacial score (nSPS) is 32.5. The summed E-state index contributed by atoms with van der Waals surface area (Å²) in [7, 11) is 0. The number of hydrogen-bond acceptors (Lipinski definition) is 15. The molecule has 12 aliphatic heterocycles. The van der Waals surface area contributed by atoms with Gasteiger partial charge in [-0.25, -0.2) is 0 Å². The van der Waals surface area contributed by atoms with E-state index in [9.17, 15) is 63.1 Å². The zero-order chi connectivity index (χ0) is 66.4. The van der Waals surface area contributed by atoms with E-state index in [4.69, 9.17) is 11.3 Å². The molecule has 2 N–H and O–H groups in total. The highest BCUT2D eigenvalue weighted by Gasteiger charge is 2.55. The largest absolute Gasteiger partial charge is 0.368 e. The molecule has 0 saturated carbocycles. The second-order valence-corrected chi connectivity index (χ2v) is 27.7. The molecule has 13 amide bonds. The predicted octanol–water partition coefficient (Wildman–Crippen LogP) is -0.0388. The zero-order valence-corrected chi connectivity index (χ0v) is 53.6. The van der Waals surface area contributed by atoms with E-state index in [1.807, 2.05) is 0 Å². The molecule has 508 valence electrons. The predicted molar refractivity (Wildman–Crippen MR) is 328 cm³/mol. The molecule has 32 nitrogen and oxygen atoms in total. The molecule has 94 heavy (non-hydrogen) atoms. The van der Waals surface area contributed by atoms with Gasteiger partial charge in [0.15, 0.2) is 0 Å². The van der Waals surface area contributed by atoms with Crippen molar-refractivity contribution >= 4 is 76.8 Å². The number of nitrogens with two attached hydrogens (primary N) is 1. The first-order valence-electron chi connectivity index (χ1n) is 34.3. The molecule has 14 atom stereocenters. The van der Waals surface area contributed by atoms with E-state index in [0.717, 1.165) is 0 Å². The van der Waals surface area contributed by atoms with Crippen LogP contribution in [-0.4, -0.2) is 299 Å². The first kappa shape index (κ1) is 65.8. The Morgan fingerprint density at radius 2 is 0.468 bits per heavy atom. The Morgan fingerprint density at radius 1 is 0.287 bits per heavy atom. The first-order chi connectivity index (χ1) is 45.3. The molecule has 12 saturated heterocycles. The van der Waals surface area contributed by atoms with E-state index in [1.54, 1.807) is 19.6 Å². The first-order valence-corrected chi connectivity index (χ1v) is 34.3. The van der Waals surface area contributed by atoms with Crippen molar-refractivity contribution in [2.45, 2.75) is 233 Å². The van der Waals surface area contributed by atoms with Gasteiger partial charge in [-0.05, 0) is 152 Å². The summed E-state index contributed by atoms with van der Waals surface area (Å²) in [6.07, 6.45) is 8.79. The van der Waals surface area contributed by atoms with E-state index in [-0.39, 0.29) is 120 Å². The summed E-state index contributed by atoms with van der Waals surface area (Å²) in [6.45, 7) is 3.90. The van der Waals surface area contributed by atoms with Gasteiger partial charge in [-0.1, -0.05) is 10.2 Å². The third-order valence-corrected chi connectivity index (χ3v) is 22.5. The second kappa shape index (κ2) is 27.6. The number of primary amides is 1. The van der Waals surface area contributed by atoms with Gasteiger partial charge in [0.25, 0.3) is 0 Å². The van der Waals surface area contributed by atoms with Crippen LogP contribution < -0.4 is 5.73 Å². The fraction of sp³-hybridized carbons (Fsp3) is 0.790. The Bertz CT molecular complexity index is 3210. The van der Waals surface area contributed by atoms with Crippen molar-refractivity contribution in [3.8, 4) is 0 Å². The smallest absolute Gasteiger partial charge is 0.246 e. The number of carbonyl (C=O) groups excluding carboxylic acids is 13. The maximum atomic E-state index is 15.0. The van der Waals surface area contributed by atoms with Crippen molar-refractivity contribution < 1.29 is 62.3 Å². The van der Waals surface area contributed by atoms with Crippen LogP contribution in [0, 0.1) is 0 Å². The minimum absolute atomic E-state index is 0.0356. The van der Waals surface area contributed by atoms with Gasteiger partial charge >= 0.3 is 0 Å². The average Bonchev–Trinajstić information content (AvgIpc) is 1.61. The highest BCUT2D eigenvalue weighted by atomic mass is 16.2. The van der Waals surface area contributed by atoms with Crippen molar-refractivity contribution in [3.05, 3.63) is 20.9 Å². The van der Waals surface area contributed by atoms with Gasteiger partial charge in [0, 0.05) is 95.3 Å². The minimum Gasteiger partial charge on any atom is -0.368 e. The molecule has 32 heteroatoms. The van der Waals surface area contributed by atoms with Gasteiger partial charge in [0.05, 0.1) is 12.1 Å². The Labute approximate surface area is 544 Å². The third kappa shape index (κ3) is 12.1. The molecular formula is C62H87N19O13. The lowest BCUT2D eigenvalue weighted by molar-refractivity contribution is -0.156. The SMILES string of the molecule is CC(=O)N1C[C@@H](N=[N+]=[N-])C[C@H]1C(=O)N1CCC[C@H]1C(=O)N1CCC[C@H]1C(=O)N1C[C@@H](N=[N+]=[N-])C[C@H]1C(=O)N1CCC[C@H]1C(=O)N1CCC[C@H]1C(=O)N1CCC[C@H]1C(=O)N1CCC[C@H]1C(=O)N1CCC[C@H]1C(=O)N1CCC[C@H]1C(=O)N1CCC[C@H]1C(=O)N1CCC[C@H]1C(N)=O. The lowest BCUT2D eigenvalue weighted by atomic mass is 10.1. The Balaban J connectivity index is 0.677. The van der Waals surface area contributed by atoms with Crippen molar-refractivity contribution in [2.75, 3.05) is 78.5 Å². The molecule has 0 bridgehead atoms. The summed E-state index contributed by atoms with van der Waals surface area (Å²) in [5.41, 5.74) is 24.3. The summed E-state index contributed by atoms with van der Waals surface area (Å²) in [5.74, 6) is -5.49. The average molecular weight is 1310 g/mol. The van der Waals surface area contributed by atoms with Gasteiger partial charge in [-0.3, -0.25) is 62.3 Å². The molecule has 0 aliphatic carbocycles. The van der Waals surface area contributed by atoms with Crippen LogP contribution >= 0.6 is 0 Å². The fourth-order valence-corrected chi connectivity index (χ4v) is 18.0. The zero-order valence-electron chi connectivity index (χ0n) is 53.6. The van der Waals surface area contributed by atoms with Crippen LogP contribution in [-0.2, 0) is 62.3 Å². The van der Waals surface area contributed by atoms with Gasteiger partial charge < -0.3 is 64.5 Å². The summed E-state index contributed by atoms with van der Waals surface area (Å²) in [6, 6.07) is -12.4. The quantitative estimate of drug-likeness (QED) is 0.136. The molecule has 0 spiro atoms. The standard InChI is InChI=1S/C62H87N19O13/c1-36(82)80-34-37(66-68-64)32-49(80)61(93)78-30-9-19-46(78)59(91)77-29-11-21-48(77)60(92)81-35-38(67-69-65)33-50(81)62(94)79-31-10-20-47(79)58(90)76-28-8-18-45(76)57(89)75-27-7-17-44(75)56(88)74-26-6-16-43(74)55(87)73-25-5-15-42(73)54(86)72-24-4-14-41(72)53(85)71-23-3-13-40(71)52(84)70-22-2-12-39(70)51(63)83/h37-50H,2-35H2,1H3,(H2,63,83)/t37-,38-,39-,40-,41-,42-,43-,44-,45-,46-,47-,48-,49-,50-/m0/s1. The Hall–Kier alpha value is -8.27. The van der Waals surface area contributed by atoms with Crippen molar-refractivity contribution in [2.24, 2.45) is 16.0 Å². The summed E-state index contributed by atoms with van der Waals surface area (Å²) < 4.78 is 0. The van der Waals surface area contributed by atoms with Crippen LogP contribution in [0.1, 0.15) is 148 Å². The van der Waals surface area contributed by atoms with Crippen LogP contribution in [0.4, 0.5) is 0 Å². The monoisotopic (exact) mass is 1310 g/mol. The van der Waals surface area contributed by atoms with Crippen LogP contribution in [0.15, 0.2) is 10.2 Å². The van der Waals surface area contributed by atoms with E-state index in [1.165, 1.54) is 46.1 Å². The van der Waals surface area contributed by atoms with E-state index in [0.29, 0.717) is 135 Å². The molecule has 0 aromatic heterocycles.